The second-order valence-corrected chi connectivity index (χ2v) is 5.88. The fourth-order valence-electron chi connectivity index (χ4n) is 3.48. The van der Waals surface area contributed by atoms with Crippen LogP contribution in [0.25, 0.3) is 5.57 Å². The summed E-state index contributed by atoms with van der Waals surface area (Å²) in [6.45, 7) is 2.10. The first kappa shape index (κ1) is 17.3. The third-order valence-corrected chi connectivity index (χ3v) is 4.67. The van der Waals surface area contributed by atoms with Crippen LogP contribution in [-0.4, -0.2) is 26.2 Å². The van der Waals surface area contributed by atoms with Gasteiger partial charge in [-0.25, -0.2) is 0 Å². The zero-order valence-corrected chi connectivity index (χ0v) is 14.0. The molecule has 0 aliphatic heterocycles. The van der Waals surface area contributed by atoms with Crippen LogP contribution in [0.1, 0.15) is 38.2 Å². The number of ether oxygens (including phenoxy) is 2. The summed E-state index contributed by atoms with van der Waals surface area (Å²) in [4.78, 5) is 25.1. The molecule has 0 spiro atoms. The molecular formula is C19H24O4. The third-order valence-electron chi connectivity index (χ3n) is 4.67. The topological polar surface area (TPSA) is 52.6 Å². The standard InChI is InChI=1S/C19H24O4/c1-4-5-11-16-15(14-9-7-6-8-10-14)12-13-19(16,17(20)22-2)18(21)23-3/h6-10,12,16H,4-5,11,13H2,1-3H3. The Morgan fingerprint density at radius 2 is 1.74 bits per heavy atom. The van der Waals surface area contributed by atoms with E-state index in [2.05, 4.69) is 6.92 Å². The number of carbonyl (C=O) groups excluding carboxylic acids is 2. The van der Waals surface area contributed by atoms with Crippen LogP contribution in [0.2, 0.25) is 0 Å². The number of allylic oxidation sites excluding steroid dienone is 2. The minimum atomic E-state index is -1.26. The van der Waals surface area contributed by atoms with E-state index in [0.29, 0.717) is 6.42 Å². The Kier molecular flexibility index (Phi) is 5.59. The monoisotopic (exact) mass is 316 g/mol. The second-order valence-electron chi connectivity index (χ2n) is 5.88. The van der Waals surface area contributed by atoms with Gasteiger partial charge in [0.15, 0.2) is 5.41 Å². The van der Waals surface area contributed by atoms with E-state index in [4.69, 9.17) is 9.47 Å². The summed E-state index contributed by atoms with van der Waals surface area (Å²) >= 11 is 0. The Balaban J connectivity index is 2.47. The van der Waals surface area contributed by atoms with Crippen molar-refractivity contribution in [2.45, 2.75) is 32.6 Å². The van der Waals surface area contributed by atoms with Gasteiger partial charge in [-0.05, 0) is 24.0 Å². The molecular weight excluding hydrogens is 292 g/mol. The van der Waals surface area contributed by atoms with Crippen molar-refractivity contribution in [2.24, 2.45) is 11.3 Å². The first-order valence-electron chi connectivity index (χ1n) is 8.04. The number of hydrogen-bond donors (Lipinski definition) is 0. The van der Waals surface area contributed by atoms with Crippen LogP contribution in [0.15, 0.2) is 36.4 Å². The zero-order chi connectivity index (χ0) is 16.9. The lowest BCUT2D eigenvalue weighted by Gasteiger charge is -2.32. The van der Waals surface area contributed by atoms with Crippen molar-refractivity contribution in [3.05, 3.63) is 42.0 Å². The van der Waals surface area contributed by atoms with Crippen molar-refractivity contribution in [3.8, 4) is 0 Å². The maximum atomic E-state index is 12.5. The molecule has 0 radical (unpaired) electrons. The van der Waals surface area contributed by atoms with Gasteiger partial charge in [-0.15, -0.1) is 0 Å². The third kappa shape index (κ3) is 3.03. The number of hydrogen-bond acceptors (Lipinski definition) is 4. The highest BCUT2D eigenvalue weighted by molar-refractivity contribution is 6.04. The van der Waals surface area contributed by atoms with E-state index < -0.39 is 17.4 Å². The van der Waals surface area contributed by atoms with Crippen LogP contribution < -0.4 is 0 Å². The predicted molar refractivity (Wildman–Crippen MR) is 88.5 cm³/mol. The highest BCUT2D eigenvalue weighted by atomic mass is 16.5. The SMILES string of the molecule is CCCCC1C(c2ccccc2)=CCC1(C(=O)OC)C(=O)OC. The van der Waals surface area contributed by atoms with Gasteiger partial charge < -0.3 is 9.47 Å². The first-order valence-corrected chi connectivity index (χ1v) is 8.04. The smallest absolute Gasteiger partial charge is 0.324 e. The zero-order valence-electron chi connectivity index (χ0n) is 14.0. The molecule has 1 aliphatic carbocycles. The van der Waals surface area contributed by atoms with Crippen LogP contribution in [-0.2, 0) is 19.1 Å². The summed E-state index contributed by atoms with van der Waals surface area (Å²) in [6.07, 6.45) is 5.00. The fourth-order valence-corrected chi connectivity index (χ4v) is 3.48. The van der Waals surface area contributed by atoms with Gasteiger partial charge in [-0.2, -0.15) is 0 Å². The minimum absolute atomic E-state index is 0.218. The molecule has 0 saturated carbocycles. The Labute approximate surface area is 137 Å². The van der Waals surface area contributed by atoms with Crippen molar-refractivity contribution >= 4 is 17.5 Å². The maximum absolute atomic E-state index is 12.5. The van der Waals surface area contributed by atoms with E-state index in [-0.39, 0.29) is 5.92 Å². The number of rotatable bonds is 6. The lowest BCUT2D eigenvalue weighted by molar-refractivity contribution is -0.171. The molecule has 1 aromatic rings. The van der Waals surface area contributed by atoms with Crippen molar-refractivity contribution in [2.75, 3.05) is 14.2 Å². The van der Waals surface area contributed by atoms with E-state index >= 15 is 0 Å². The van der Waals surface area contributed by atoms with Gasteiger partial charge in [-0.1, -0.05) is 56.2 Å². The van der Waals surface area contributed by atoms with Crippen LogP contribution in [0.3, 0.4) is 0 Å². The molecule has 0 aromatic heterocycles. The summed E-state index contributed by atoms with van der Waals surface area (Å²) in [5.41, 5.74) is 0.822. The Hall–Kier alpha value is -2.10. The molecule has 0 bridgehead atoms. The lowest BCUT2D eigenvalue weighted by atomic mass is 9.71. The quantitative estimate of drug-likeness (QED) is 0.594. The molecule has 124 valence electrons. The van der Waals surface area contributed by atoms with Crippen molar-refractivity contribution in [3.63, 3.8) is 0 Å². The number of unbranched alkanes of at least 4 members (excludes halogenated alkanes) is 1. The van der Waals surface area contributed by atoms with Crippen LogP contribution in [0.4, 0.5) is 0 Å². The summed E-state index contributed by atoms with van der Waals surface area (Å²) in [5.74, 6) is -1.23. The molecule has 0 fully saturated rings. The molecule has 0 heterocycles. The summed E-state index contributed by atoms with van der Waals surface area (Å²) < 4.78 is 9.96. The van der Waals surface area contributed by atoms with E-state index in [0.717, 1.165) is 30.4 Å². The van der Waals surface area contributed by atoms with Crippen molar-refractivity contribution in [1.29, 1.82) is 0 Å². The van der Waals surface area contributed by atoms with Gasteiger partial charge >= 0.3 is 11.9 Å². The predicted octanol–water partition coefficient (Wildman–Crippen LogP) is 3.61. The number of benzene rings is 1. The Bertz CT molecular complexity index is 573. The molecule has 4 nitrogen and oxygen atoms in total. The Morgan fingerprint density at radius 3 is 2.26 bits per heavy atom. The molecule has 1 atom stereocenters. The number of methoxy groups -OCH3 is 2. The normalized spacial score (nSPS) is 19.1. The molecule has 1 aromatic carbocycles. The highest BCUT2D eigenvalue weighted by Gasteiger charge is 2.57. The molecule has 0 saturated heterocycles. The van der Waals surface area contributed by atoms with Crippen LogP contribution in [0, 0.1) is 11.3 Å². The molecule has 1 unspecified atom stereocenters. The Morgan fingerprint density at radius 1 is 1.13 bits per heavy atom. The van der Waals surface area contributed by atoms with Crippen LogP contribution >= 0.6 is 0 Å². The largest absolute Gasteiger partial charge is 0.468 e. The van der Waals surface area contributed by atoms with Gasteiger partial charge in [0.2, 0.25) is 0 Å². The molecule has 0 amide bonds. The van der Waals surface area contributed by atoms with Crippen molar-refractivity contribution < 1.29 is 19.1 Å². The van der Waals surface area contributed by atoms with E-state index in [1.54, 1.807) is 0 Å². The minimum Gasteiger partial charge on any atom is -0.468 e. The van der Waals surface area contributed by atoms with E-state index in [9.17, 15) is 9.59 Å². The van der Waals surface area contributed by atoms with Gasteiger partial charge in [0, 0.05) is 5.92 Å². The van der Waals surface area contributed by atoms with E-state index in [1.807, 2.05) is 36.4 Å². The van der Waals surface area contributed by atoms with Crippen molar-refractivity contribution in [1.82, 2.24) is 0 Å². The number of carbonyl (C=O) groups is 2. The lowest BCUT2D eigenvalue weighted by Crippen LogP contribution is -2.45. The van der Waals surface area contributed by atoms with Gasteiger partial charge in [0.25, 0.3) is 0 Å². The molecule has 2 rings (SSSR count). The first-order chi connectivity index (χ1) is 11.1. The molecule has 4 heteroatoms. The van der Waals surface area contributed by atoms with Gasteiger partial charge in [0.05, 0.1) is 14.2 Å². The second kappa shape index (κ2) is 7.44. The fraction of sp³-hybridized carbons (Fsp3) is 0.474. The molecule has 1 aliphatic rings. The molecule has 23 heavy (non-hydrogen) atoms. The summed E-state index contributed by atoms with van der Waals surface area (Å²) in [5, 5.41) is 0. The maximum Gasteiger partial charge on any atom is 0.324 e. The van der Waals surface area contributed by atoms with Gasteiger partial charge in [-0.3, -0.25) is 9.59 Å². The summed E-state index contributed by atoms with van der Waals surface area (Å²) in [6, 6.07) is 9.89. The van der Waals surface area contributed by atoms with E-state index in [1.165, 1.54) is 14.2 Å². The molecule has 0 N–H and O–H groups in total. The number of esters is 2. The average Bonchev–Trinajstić information content (AvgIpc) is 2.99. The average molecular weight is 316 g/mol. The summed E-state index contributed by atoms with van der Waals surface area (Å²) in [7, 11) is 2.65. The van der Waals surface area contributed by atoms with Crippen LogP contribution in [0.5, 0.6) is 0 Å². The highest BCUT2D eigenvalue weighted by Crippen LogP contribution is 2.51. The van der Waals surface area contributed by atoms with Gasteiger partial charge in [0.1, 0.15) is 0 Å².